The zero-order valence-electron chi connectivity index (χ0n) is 23.0. The summed E-state index contributed by atoms with van der Waals surface area (Å²) in [5.41, 5.74) is 9.57. The average molecular weight is 525 g/mol. The Morgan fingerprint density at radius 1 is 0.375 bits per heavy atom. The Labute approximate surface area is 237 Å². The first kappa shape index (κ1) is 25.1. The second-order valence-corrected chi connectivity index (χ2v) is 11.5. The van der Waals surface area contributed by atoms with Crippen molar-refractivity contribution in [1.82, 2.24) is 0 Å². The zero-order chi connectivity index (χ0) is 26.7. The molecule has 0 aromatic heterocycles. The van der Waals surface area contributed by atoms with E-state index in [9.17, 15) is 0 Å². The Hall–Kier alpha value is -3.92. The minimum Gasteiger partial charge on any atom is -0.287 e. The van der Waals surface area contributed by atoms with E-state index in [0.717, 1.165) is 25.7 Å². The number of aliphatic imine (C=N–C) groups is 4. The van der Waals surface area contributed by atoms with Gasteiger partial charge in [0.2, 0.25) is 0 Å². The molecule has 0 saturated heterocycles. The smallest absolute Gasteiger partial charge is 0.0723 e. The van der Waals surface area contributed by atoms with Crippen LogP contribution < -0.4 is 0 Å². The van der Waals surface area contributed by atoms with E-state index < -0.39 is 0 Å². The summed E-state index contributed by atoms with van der Waals surface area (Å²) in [5, 5.41) is 0. The summed E-state index contributed by atoms with van der Waals surface area (Å²) in [6.07, 6.45) is 17.6. The minimum atomic E-state index is 0.199. The Bertz CT molecular complexity index is 1320. The average Bonchev–Trinajstić information content (AvgIpc) is 3.23. The third-order valence-corrected chi connectivity index (χ3v) is 8.95. The molecule has 0 unspecified atom stereocenters. The van der Waals surface area contributed by atoms with Crippen molar-refractivity contribution in [3.8, 4) is 22.3 Å². The van der Waals surface area contributed by atoms with Gasteiger partial charge in [-0.05, 0) is 60.1 Å². The Morgan fingerprint density at radius 2 is 0.650 bits per heavy atom. The third kappa shape index (κ3) is 5.03. The van der Waals surface area contributed by atoms with Gasteiger partial charge in [-0.25, -0.2) is 0 Å². The van der Waals surface area contributed by atoms with E-state index in [0.29, 0.717) is 0 Å². The van der Waals surface area contributed by atoms with E-state index in [-0.39, 0.29) is 24.2 Å². The van der Waals surface area contributed by atoms with Crippen molar-refractivity contribution in [3.05, 3.63) is 95.1 Å². The molecule has 0 aromatic carbocycles. The van der Waals surface area contributed by atoms with Crippen LogP contribution in [0.5, 0.6) is 0 Å². The molecule has 4 nitrogen and oxygen atoms in total. The normalized spacial score (nSPS) is 24.8. The third-order valence-electron chi connectivity index (χ3n) is 8.95. The van der Waals surface area contributed by atoms with Crippen LogP contribution in [0, 0.1) is 0 Å². The summed E-state index contributed by atoms with van der Waals surface area (Å²) >= 11 is 0. The lowest BCUT2D eigenvalue weighted by Crippen LogP contribution is -2.27. The molecule has 200 valence electrons. The fourth-order valence-electron chi connectivity index (χ4n) is 6.76. The lowest BCUT2D eigenvalue weighted by Gasteiger charge is -2.25. The van der Waals surface area contributed by atoms with E-state index in [1.807, 2.05) is 0 Å². The van der Waals surface area contributed by atoms with Gasteiger partial charge in [-0.2, -0.15) is 0 Å². The van der Waals surface area contributed by atoms with Crippen molar-refractivity contribution in [2.75, 3.05) is 0 Å². The molecular formula is C36H36N4. The molecule has 7 aliphatic rings. The summed E-state index contributed by atoms with van der Waals surface area (Å²) < 4.78 is 0. The Morgan fingerprint density at radius 3 is 0.925 bits per heavy atom. The van der Waals surface area contributed by atoms with E-state index in [1.54, 1.807) is 0 Å². The highest BCUT2D eigenvalue weighted by molar-refractivity contribution is 6.03. The predicted octanol–water partition coefficient (Wildman–Crippen LogP) is 7.91. The molecule has 40 heavy (non-hydrogen) atoms. The quantitative estimate of drug-likeness (QED) is 0.224. The lowest BCUT2D eigenvalue weighted by molar-refractivity contribution is 0.390. The van der Waals surface area contributed by atoms with Crippen LogP contribution in [0.4, 0.5) is 0 Å². The van der Waals surface area contributed by atoms with E-state index in [1.165, 1.54) is 70.2 Å². The van der Waals surface area contributed by atoms with Crippen molar-refractivity contribution in [2.45, 2.75) is 75.5 Å². The Kier molecular flexibility index (Phi) is 7.08. The molecular weight excluding hydrogens is 488 g/mol. The van der Waals surface area contributed by atoms with Gasteiger partial charge in [-0.3, -0.25) is 20.0 Å². The maximum atomic E-state index is 5.18. The molecule has 2 fully saturated rings. The van der Waals surface area contributed by atoms with Crippen molar-refractivity contribution < 1.29 is 0 Å². The predicted molar refractivity (Wildman–Crippen MR) is 169 cm³/mol. The molecule has 4 heteroatoms. The molecule has 4 atom stereocenters. The fraction of sp³-hybridized carbons (Fsp3) is 0.333. The molecule has 1 heterocycles. The Balaban J connectivity index is 1.35. The van der Waals surface area contributed by atoms with Crippen LogP contribution in [0.15, 0.2) is 92.8 Å². The molecule has 0 radical (unpaired) electrons. The molecule has 0 N–H and O–H groups in total. The van der Waals surface area contributed by atoms with Crippen LogP contribution in [0.1, 0.15) is 73.6 Å². The highest BCUT2D eigenvalue weighted by Crippen LogP contribution is 2.34. The summed E-state index contributed by atoms with van der Waals surface area (Å²) in [7, 11) is 0. The van der Waals surface area contributed by atoms with Gasteiger partial charge in [0.15, 0.2) is 0 Å². The van der Waals surface area contributed by atoms with Gasteiger partial charge in [0.1, 0.15) is 0 Å². The molecule has 7 rings (SSSR count). The monoisotopic (exact) mass is 524 g/mol. The van der Waals surface area contributed by atoms with E-state index in [2.05, 4.69) is 97.7 Å². The second-order valence-electron chi connectivity index (χ2n) is 11.5. The molecule has 1 aliphatic heterocycles. The van der Waals surface area contributed by atoms with Crippen LogP contribution in [-0.2, 0) is 0 Å². The van der Waals surface area contributed by atoms with Crippen LogP contribution in [-0.4, -0.2) is 49.0 Å². The molecule has 0 spiro atoms. The van der Waals surface area contributed by atoms with E-state index in [4.69, 9.17) is 20.0 Å². The summed E-state index contributed by atoms with van der Waals surface area (Å²) in [5.74, 6) is 0. The van der Waals surface area contributed by atoms with Crippen LogP contribution in [0.3, 0.4) is 0 Å². The number of rotatable bonds is 0. The number of hydrogen-bond donors (Lipinski definition) is 0. The van der Waals surface area contributed by atoms with Crippen LogP contribution >= 0.6 is 0 Å². The van der Waals surface area contributed by atoms with Gasteiger partial charge in [-0.15, -0.1) is 0 Å². The van der Waals surface area contributed by atoms with Gasteiger partial charge in [0.05, 0.1) is 24.2 Å². The van der Waals surface area contributed by atoms with Gasteiger partial charge < -0.3 is 0 Å². The number of hydrogen-bond acceptors (Lipinski definition) is 4. The first-order chi connectivity index (χ1) is 19.8. The van der Waals surface area contributed by atoms with Gasteiger partial charge >= 0.3 is 0 Å². The lowest BCUT2D eigenvalue weighted by atomic mass is 9.91. The fourth-order valence-corrected chi connectivity index (χ4v) is 6.76. The zero-order valence-corrected chi connectivity index (χ0v) is 23.0. The summed E-state index contributed by atoms with van der Waals surface area (Å²) in [4.78, 5) is 20.7. The number of fused-ring (bicyclic) bond motifs is 12. The van der Waals surface area contributed by atoms with Crippen molar-refractivity contribution in [1.29, 1.82) is 0 Å². The SMILES string of the molecule is C1=N[C@@H]2CCCC[C@H]2N=Cc2cc(c3cccccc2-3)C=N[C@@H]2CCCC[C@H]2N=Cc2cc1c1cccccc2-1. The second kappa shape index (κ2) is 11.3. The molecule has 0 amide bonds. The minimum absolute atomic E-state index is 0.199. The van der Waals surface area contributed by atoms with E-state index >= 15 is 0 Å². The van der Waals surface area contributed by atoms with Crippen LogP contribution in [0.2, 0.25) is 0 Å². The van der Waals surface area contributed by atoms with Crippen molar-refractivity contribution in [3.63, 3.8) is 0 Å². The highest BCUT2D eigenvalue weighted by Gasteiger charge is 2.26. The highest BCUT2D eigenvalue weighted by atomic mass is 14.9. The van der Waals surface area contributed by atoms with Crippen molar-refractivity contribution in [2.24, 2.45) is 20.0 Å². The first-order valence-corrected chi connectivity index (χ1v) is 15.0. The molecule has 2 saturated carbocycles. The van der Waals surface area contributed by atoms with Crippen molar-refractivity contribution >= 4 is 24.9 Å². The van der Waals surface area contributed by atoms with Gasteiger partial charge in [-0.1, -0.05) is 86.3 Å². The topological polar surface area (TPSA) is 49.4 Å². The summed E-state index contributed by atoms with van der Waals surface area (Å²) in [6, 6.07) is 26.8. The molecule has 4 bridgehead atoms. The van der Waals surface area contributed by atoms with Crippen LogP contribution in [0.25, 0.3) is 22.3 Å². The summed E-state index contributed by atoms with van der Waals surface area (Å²) in [6.45, 7) is 0. The largest absolute Gasteiger partial charge is 0.287 e. The maximum Gasteiger partial charge on any atom is 0.0723 e. The van der Waals surface area contributed by atoms with Gasteiger partial charge in [0.25, 0.3) is 0 Å². The maximum absolute atomic E-state index is 5.18. The number of nitrogens with zero attached hydrogens (tertiary/aromatic N) is 4. The first-order valence-electron chi connectivity index (χ1n) is 15.0. The molecule has 6 aliphatic carbocycles. The standard InChI is InChI=1S/C36H36N4/c1-3-11-29-25-19-26(30(29)12-4-1)22-38-34-16-8-10-18-36(34)40-24-28-20-27(31-13-5-2-6-14-32(28)31)23-39-35-17-9-7-15-33(35)37-21-25/h1-6,11-14,19-24,33-36H,7-10,15-18H2/t33-,34-,35-,36-/m1/s1. The molecule has 0 aromatic rings. The van der Waals surface area contributed by atoms with Gasteiger partial charge in [0, 0.05) is 47.1 Å².